The highest BCUT2D eigenvalue weighted by atomic mass is 16.5. The molecule has 0 atom stereocenters. The molecule has 0 aliphatic heterocycles. The summed E-state index contributed by atoms with van der Waals surface area (Å²) in [6.45, 7) is 8.57. The number of hydrogen-bond acceptors (Lipinski definition) is 2. The highest BCUT2D eigenvalue weighted by Crippen LogP contribution is 2.23. The second-order valence-corrected chi connectivity index (χ2v) is 5.18. The lowest BCUT2D eigenvalue weighted by Crippen LogP contribution is -2.33. The van der Waals surface area contributed by atoms with Crippen molar-refractivity contribution in [2.45, 2.75) is 65.0 Å². The van der Waals surface area contributed by atoms with Crippen molar-refractivity contribution in [3.63, 3.8) is 0 Å². The molecule has 0 aromatic heterocycles. The molecular formula is C13H27NO. The zero-order valence-corrected chi connectivity index (χ0v) is 10.6. The lowest BCUT2D eigenvalue weighted by Gasteiger charge is -2.27. The molecule has 90 valence electrons. The molecule has 0 amide bonds. The molecule has 0 spiro atoms. The van der Waals surface area contributed by atoms with Crippen LogP contribution in [0.15, 0.2) is 0 Å². The average Bonchev–Trinajstić information content (AvgIpc) is 2.20. The van der Waals surface area contributed by atoms with Gasteiger partial charge in [-0.1, -0.05) is 6.92 Å². The van der Waals surface area contributed by atoms with Gasteiger partial charge in [-0.3, -0.25) is 0 Å². The van der Waals surface area contributed by atoms with Crippen LogP contribution in [0.1, 0.15) is 52.9 Å². The van der Waals surface area contributed by atoms with Gasteiger partial charge in [-0.15, -0.1) is 0 Å². The van der Waals surface area contributed by atoms with Crippen LogP contribution in [0, 0.1) is 5.92 Å². The Morgan fingerprint density at radius 2 is 1.87 bits per heavy atom. The Bertz CT molecular complexity index is 151. The molecule has 1 aliphatic carbocycles. The summed E-state index contributed by atoms with van der Waals surface area (Å²) in [5.74, 6) is 0.951. The highest BCUT2D eigenvalue weighted by Gasteiger charge is 2.16. The van der Waals surface area contributed by atoms with Crippen LogP contribution in [-0.2, 0) is 4.74 Å². The molecule has 0 aromatic carbocycles. The molecular weight excluding hydrogens is 186 g/mol. The van der Waals surface area contributed by atoms with Crippen molar-refractivity contribution in [3.8, 4) is 0 Å². The summed E-state index contributed by atoms with van der Waals surface area (Å²) in [6.07, 6.45) is 7.06. The van der Waals surface area contributed by atoms with Gasteiger partial charge in [0, 0.05) is 12.6 Å². The molecule has 0 radical (unpaired) electrons. The maximum atomic E-state index is 5.51. The first-order chi connectivity index (χ1) is 7.18. The monoisotopic (exact) mass is 213 g/mol. The molecule has 0 unspecified atom stereocenters. The summed E-state index contributed by atoms with van der Waals surface area (Å²) in [7, 11) is 0. The normalized spacial score (nSPS) is 27.2. The number of ether oxygens (including phenoxy) is 1. The third-order valence-electron chi connectivity index (χ3n) is 3.22. The van der Waals surface area contributed by atoms with Gasteiger partial charge in [0.25, 0.3) is 0 Å². The third-order valence-corrected chi connectivity index (χ3v) is 3.22. The van der Waals surface area contributed by atoms with E-state index in [0.29, 0.717) is 6.10 Å². The van der Waals surface area contributed by atoms with Gasteiger partial charge >= 0.3 is 0 Å². The Kier molecular flexibility index (Phi) is 6.26. The molecule has 15 heavy (non-hydrogen) atoms. The summed E-state index contributed by atoms with van der Waals surface area (Å²) < 4.78 is 5.51. The van der Waals surface area contributed by atoms with Crippen LogP contribution in [0.2, 0.25) is 0 Å². The first kappa shape index (κ1) is 13.0. The molecule has 2 heteroatoms. The van der Waals surface area contributed by atoms with E-state index in [1.165, 1.54) is 25.7 Å². The van der Waals surface area contributed by atoms with Gasteiger partial charge in [0.1, 0.15) is 0 Å². The van der Waals surface area contributed by atoms with Crippen molar-refractivity contribution >= 4 is 0 Å². The van der Waals surface area contributed by atoms with E-state index in [2.05, 4.69) is 26.1 Å². The third kappa shape index (κ3) is 6.16. The Balaban J connectivity index is 1.91. The maximum Gasteiger partial charge on any atom is 0.0518 e. The molecule has 1 fully saturated rings. The van der Waals surface area contributed by atoms with Gasteiger partial charge in [-0.05, 0) is 58.4 Å². The largest absolute Gasteiger partial charge is 0.379 e. The molecule has 1 rings (SSSR count). The topological polar surface area (TPSA) is 21.3 Å². The Hall–Kier alpha value is -0.0800. The number of nitrogens with one attached hydrogen (secondary N) is 1. The van der Waals surface area contributed by atoms with Crippen LogP contribution in [0.25, 0.3) is 0 Å². The maximum absolute atomic E-state index is 5.51. The second kappa shape index (κ2) is 7.24. The fraction of sp³-hybridized carbons (Fsp3) is 1.00. The van der Waals surface area contributed by atoms with E-state index in [0.717, 1.165) is 31.5 Å². The lowest BCUT2D eigenvalue weighted by molar-refractivity contribution is 0.0764. The molecule has 0 heterocycles. The van der Waals surface area contributed by atoms with Crippen molar-refractivity contribution in [2.24, 2.45) is 5.92 Å². The van der Waals surface area contributed by atoms with E-state index in [-0.39, 0.29) is 0 Å². The van der Waals surface area contributed by atoms with Gasteiger partial charge in [-0.2, -0.15) is 0 Å². The predicted molar refractivity (Wildman–Crippen MR) is 65.1 cm³/mol. The molecule has 0 aromatic rings. The minimum atomic E-state index is 0.375. The SMILES string of the molecule is CC1CCC(NCCCOC(C)C)CC1. The zero-order valence-electron chi connectivity index (χ0n) is 10.6. The van der Waals surface area contributed by atoms with Gasteiger partial charge < -0.3 is 10.1 Å². The first-order valence-electron chi connectivity index (χ1n) is 6.53. The van der Waals surface area contributed by atoms with Crippen LogP contribution in [0.3, 0.4) is 0 Å². The van der Waals surface area contributed by atoms with Gasteiger partial charge in [0.2, 0.25) is 0 Å². The van der Waals surface area contributed by atoms with E-state index >= 15 is 0 Å². The number of rotatable bonds is 6. The minimum absolute atomic E-state index is 0.375. The summed E-state index contributed by atoms with van der Waals surface area (Å²) in [5, 5.41) is 3.64. The summed E-state index contributed by atoms with van der Waals surface area (Å²) in [5.41, 5.74) is 0. The lowest BCUT2D eigenvalue weighted by atomic mass is 9.87. The number of hydrogen-bond donors (Lipinski definition) is 1. The van der Waals surface area contributed by atoms with E-state index in [1.54, 1.807) is 0 Å². The predicted octanol–water partition coefficient (Wildman–Crippen LogP) is 2.97. The molecule has 2 nitrogen and oxygen atoms in total. The summed E-state index contributed by atoms with van der Waals surface area (Å²) >= 11 is 0. The fourth-order valence-electron chi connectivity index (χ4n) is 2.16. The highest BCUT2D eigenvalue weighted by molar-refractivity contribution is 4.74. The van der Waals surface area contributed by atoms with E-state index in [1.807, 2.05) is 0 Å². The van der Waals surface area contributed by atoms with E-state index in [9.17, 15) is 0 Å². The first-order valence-corrected chi connectivity index (χ1v) is 6.53. The van der Waals surface area contributed by atoms with Crippen LogP contribution in [-0.4, -0.2) is 25.3 Å². The van der Waals surface area contributed by atoms with Crippen molar-refractivity contribution < 1.29 is 4.74 Å². The van der Waals surface area contributed by atoms with Crippen molar-refractivity contribution in [1.29, 1.82) is 0 Å². The zero-order chi connectivity index (χ0) is 11.1. The van der Waals surface area contributed by atoms with Crippen molar-refractivity contribution in [3.05, 3.63) is 0 Å². The fourth-order valence-corrected chi connectivity index (χ4v) is 2.16. The van der Waals surface area contributed by atoms with Crippen molar-refractivity contribution in [1.82, 2.24) is 5.32 Å². The molecule has 0 bridgehead atoms. The summed E-state index contributed by atoms with van der Waals surface area (Å²) in [4.78, 5) is 0. The minimum Gasteiger partial charge on any atom is -0.379 e. The quantitative estimate of drug-likeness (QED) is 0.685. The van der Waals surface area contributed by atoms with Crippen LogP contribution in [0.4, 0.5) is 0 Å². The summed E-state index contributed by atoms with van der Waals surface area (Å²) in [6, 6.07) is 0.778. The second-order valence-electron chi connectivity index (χ2n) is 5.18. The van der Waals surface area contributed by atoms with Crippen molar-refractivity contribution in [2.75, 3.05) is 13.2 Å². The van der Waals surface area contributed by atoms with E-state index < -0.39 is 0 Å². The molecule has 1 N–H and O–H groups in total. The van der Waals surface area contributed by atoms with Gasteiger partial charge in [0.15, 0.2) is 0 Å². The van der Waals surface area contributed by atoms with Gasteiger partial charge in [0.05, 0.1) is 6.10 Å². The molecule has 1 saturated carbocycles. The van der Waals surface area contributed by atoms with Crippen LogP contribution < -0.4 is 5.32 Å². The average molecular weight is 213 g/mol. The molecule has 1 aliphatic rings. The molecule has 0 saturated heterocycles. The van der Waals surface area contributed by atoms with Gasteiger partial charge in [-0.25, -0.2) is 0 Å². The Labute approximate surface area is 94.8 Å². The Morgan fingerprint density at radius 1 is 1.20 bits per heavy atom. The Morgan fingerprint density at radius 3 is 2.47 bits per heavy atom. The van der Waals surface area contributed by atoms with E-state index in [4.69, 9.17) is 4.74 Å². The smallest absolute Gasteiger partial charge is 0.0518 e. The van der Waals surface area contributed by atoms with Crippen LogP contribution in [0.5, 0.6) is 0 Å². The standard InChI is InChI=1S/C13H27NO/c1-11(2)15-10-4-9-14-13-7-5-12(3)6-8-13/h11-14H,4-10H2,1-3H3. The van der Waals surface area contributed by atoms with Crippen LogP contribution >= 0.6 is 0 Å².